The first-order valence-electron chi connectivity index (χ1n) is 6.33. The quantitative estimate of drug-likeness (QED) is 0.522. The van der Waals surface area contributed by atoms with Crippen LogP contribution in [0.25, 0.3) is 0 Å². The average Bonchev–Trinajstić information content (AvgIpc) is 2.30. The topological polar surface area (TPSA) is 78.1 Å². The van der Waals surface area contributed by atoms with Crippen molar-refractivity contribution in [2.24, 2.45) is 0 Å². The summed E-state index contributed by atoms with van der Waals surface area (Å²) in [5.74, 6) is 0.247. The molecule has 0 aliphatic rings. The molecule has 3 nitrogen and oxygen atoms in total. The maximum Gasteiger partial charge on any atom is 0.0781 e. The van der Waals surface area contributed by atoms with Gasteiger partial charge in [-0.3, -0.25) is 0 Å². The Hall–Kier alpha value is -1.38. The lowest BCUT2D eigenvalue weighted by atomic mass is 9.93. The van der Waals surface area contributed by atoms with E-state index >= 15 is 0 Å². The van der Waals surface area contributed by atoms with Crippen LogP contribution in [-0.2, 0) is 0 Å². The number of rotatable bonds is 6. The van der Waals surface area contributed by atoms with E-state index in [0.29, 0.717) is 17.1 Å². The van der Waals surface area contributed by atoms with E-state index in [1.165, 1.54) is 25.7 Å². The van der Waals surface area contributed by atoms with Crippen LogP contribution in [0.3, 0.4) is 0 Å². The largest absolute Gasteiger partial charge is 0.397 e. The van der Waals surface area contributed by atoms with E-state index in [1.54, 1.807) is 0 Å². The van der Waals surface area contributed by atoms with Gasteiger partial charge in [0.25, 0.3) is 0 Å². The Morgan fingerprint density at radius 1 is 1.06 bits per heavy atom. The molecule has 6 N–H and O–H groups in total. The van der Waals surface area contributed by atoms with Gasteiger partial charge in [0.15, 0.2) is 0 Å². The molecule has 1 unspecified atom stereocenters. The highest BCUT2D eigenvalue weighted by molar-refractivity contribution is 5.78. The van der Waals surface area contributed by atoms with Crippen molar-refractivity contribution in [3.63, 3.8) is 0 Å². The third kappa shape index (κ3) is 3.84. The summed E-state index contributed by atoms with van der Waals surface area (Å²) in [6.45, 7) is 6.38. The summed E-state index contributed by atoms with van der Waals surface area (Å²) in [7, 11) is 0. The molecular weight excluding hydrogens is 210 g/mol. The molecule has 0 aliphatic carbocycles. The first-order chi connectivity index (χ1) is 8.06. The Labute approximate surface area is 104 Å². The van der Waals surface area contributed by atoms with Crippen molar-refractivity contribution in [2.75, 3.05) is 17.2 Å². The summed E-state index contributed by atoms with van der Waals surface area (Å²) >= 11 is 0. The fraction of sp³-hybridized carbons (Fsp3) is 0.500. The van der Waals surface area contributed by atoms with Crippen LogP contribution in [0.1, 0.15) is 50.5 Å². The fourth-order valence-electron chi connectivity index (χ4n) is 1.94. The van der Waals surface area contributed by atoms with Crippen LogP contribution < -0.4 is 17.2 Å². The van der Waals surface area contributed by atoms with Crippen molar-refractivity contribution >= 4 is 17.1 Å². The molecule has 3 heteroatoms. The van der Waals surface area contributed by atoms with E-state index in [4.69, 9.17) is 17.2 Å². The Kier molecular flexibility index (Phi) is 5.13. The van der Waals surface area contributed by atoms with Crippen LogP contribution >= 0.6 is 0 Å². The molecule has 1 aromatic rings. The molecule has 0 saturated heterocycles. The summed E-state index contributed by atoms with van der Waals surface area (Å²) < 4.78 is 0. The van der Waals surface area contributed by atoms with E-state index < -0.39 is 0 Å². The molecule has 0 saturated carbocycles. The number of unbranched alkanes of at least 4 members (excludes halogenated alkanes) is 3. The van der Waals surface area contributed by atoms with Crippen molar-refractivity contribution < 1.29 is 0 Å². The number of benzene rings is 1. The molecule has 0 bridgehead atoms. The van der Waals surface area contributed by atoms with Gasteiger partial charge in [-0.05, 0) is 37.0 Å². The number of nitrogen functional groups attached to an aromatic ring is 3. The van der Waals surface area contributed by atoms with Crippen molar-refractivity contribution in [3.8, 4) is 0 Å². The van der Waals surface area contributed by atoms with Crippen LogP contribution in [-0.4, -0.2) is 0 Å². The summed E-state index contributed by atoms with van der Waals surface area (Å²) in [6, 6.07) is 3.78. The number of hydrogen-bond donors (Lipinski definition) is 3. The maximum atomic E-state index is 5.80. The SMILES string of the molecule is [CH2]C(CCCCCC)c1cc(N)c(N)c(N)c1. The van der Waals surface area contributed by atoms with Crippen molar-refractivity contribution in [1.82, 2.24) is 0 Å². The van der Waals surface area contributed by atoms with Crippen LogP contribution in [0.2, 0.25) is 0 Å². The first kappa shape index (κ1) is 13.7. The molecule has 1 radical (unpaired) electrons. The van der Waals surface area contributed by atoms with Crippen LogP contribution in [0.4, 0.5) is 17.1 Å². The van der Waals surface area contributed by atoms with E-state index in [2.05, 4.69) is 13.8 Å². The molecule has 0 aliphatic heterocycles. The van der Waals surface area contributed by atoms with Crippen molar-refractivity contribution in [1.29, 1.82) is 0 Å². The van der Waals surface area contributed by atoms with Crippen LogP contribution in [0.5, 0.6) is 0 Å². The number of anilines is 3. The first-order valence-corrected chi connectivity index (χ1v) is 6.33. The standard InChI is InChI=1S/C14H24N3/c1-3-4-5-6-7-10(2)11-8-12(15)14(17)13(16)9-11/h8-10H,2-7,15-17H2,1H3. The van der Waals surface area contributed by atoms with E-state index in [0.717, 1.165) is 12.0 Å². The molecule has 1 aromatic carbocycles. The highest BCUT2D eigenvalue weighted by Crippen LogP contribution is 2.30. The van der Waals surface area contributed by atoms with Crippen molar-refractivity contribution in [2.45, 2.75) is 44.9 Å². The molecule has 0 amide bonds. The molecule has 1 rings (SSSR count). The van der Waals surface area contributed by atoms with Gasteiger partial charge in [-0.2, -0.15) is 0 Å². The van der Waals surface area contributed by atoms with Gasteiger partial charge in [-0.25, -0.2) is 0 Å². The third-order valence-electron chi connectivity index (χ3n) is 3.14. The molecule has 1 atom stereocenters. The van der Waals surface area contributed by atoms with Gasteiger partial charge < -0.3 is 17.2 Å². The molecule has 95 valence electrons. The minimum Gasteiger partial charge on any atom is -0.397 e. The zero-order chi connectivity index (χ0) is 12.8. The van der Waals surface area contributed by atoms with Gasteiger partial charge in [0.1, 0.15) is 0 Å². The molecular formula is C14H24N3. The van der Waals surface area contributed by atoms with E-state index in [-0.39, 0.29) is 5.92 Å². The van der Waals surface area contributed by atoms with E-state index in [1.807, 2.05) is 12.1 Å². The van der Waals surface area contributed by atoms with Crippen molar-refractivity contribution in [3.05, 3.63) is 24.6 Å². The maximum absolute atomic E-state index is 5.80. The third-order valence-corrected chi connectivity index (χ3v) is 3.14. The summed E-state index contributed by atoms with van der Waals surface area (Å²) in [6.07, 6.45) is 6.08. The van der Waals surface area contributed by atoms with Crippen LogP contribution in [0.15, 0.2) is 12.1 Å². The lowest BCUT2D eigenvalue weighted by Gasteiger charge is -2.14. The van der Waals surface area contributed by atoms with Gasteiger partial charge in [0, 0.05) is 0 Å². The van der Waals surface area contributed by atoms with Gasteiger partial charge >= 0.3 is 0 Å². The monoisotopic (exact) mass is 234 g/mol. The normalized spacial score (nSPS) is 12.6. The predicted molar refractivity (Wildman–Crippen MR) is 76.5 cm³/mol. The molecule has 0 spiro atoms. The average molecular weight is 234 g/mol. The molecule has 0 heterocycles. The van der Waals surface area contributed by atoms with Gasteiger partial charge in [0.2, 0.25) is 0 Å². The zero-order valence-electron chi connectivity index (χ0n) is 10.7. The second-order valence-corrected chi connectivity index (χ2v) is 4.66. The Bertz CT molecular complexity index is 337. The molecule has 0 fully saturated rings. The minimum absolute atomic E-state index is 0.247. The fourth-order valence-corrected chi connectivity index (χ4v) is 1.94. The second-order valence-electron chi connectivity index (χ2n) is 4.66. The van der Waals surface area contributed by atoms with Gasteiger partial charge in [-0.1, -0.05) is 32.6 Å². The lowest BCUT2D eigenvalue weighted by Crippen LogP contribution is -2.03. The van der Waals surface area contributed by atoms with E-state index in [9.17, 15) is 0 Å². The minimum atomic E-state index is 0.247. The highest BCUT2D eigenvalue weighted by Gasteiger charge is 2.09. The highest BCUT2D eigenvalue weighted by atomic mass is 14.7. The summed E-state index contributed by atoms with van der Waals surface area (Å²) in [4.78, 5) is 0. The lowest BCUT2D eigenvalue weighted by molar-refractivity contribution is 0.603. The summed E-state index contributed by atoms with van der Waals surface area (Å²) in [5, 5.41) is 0. The molecule has 0 aromatic heterocycles. The number of hydrogen-bond acceptors (Lipinski definition) is 3. The predicted octanol–water partition coefficient (Wildman–Crippen LogP) is 3.32. The second kappa shape index (κ2) is 6.38. The smallest absolute Gasteiger partial charge is 0.0781 e. The Morgan fingerprint density at radius 2 is 1.65 bits per heavy atom. The Morgan fingerprint density at radius 3 is 2.18 bits per heavy atom. The van der Waals surface area contributed by atoms with Crippen LogP contribution in [0, 0.1) is 6.92 Å². The number of nitrogens with two attached hydrogens (primary N) is 3. The molecule has 17 heavy (non-hydrogen) atoms. The van der Waals surface area contributed by atoms with Gasteiger partial charge in [-0.15, -0.1) is 0 Å². The Balaban J connectivity index is 2.60. The zero-order valence-corrected chi connectivity index (χ0v) is 10.7. The van der Waals surface area contributed by atoms with Gasteiger partial charge in [0.05, 0.1) is 17.1 Å². The summed E-state index contributed by atoms with van der Waals surface area (Å²) in [5.41, 5.74) is 20.0.